The number of ether oxygens (including phenoxy) is 1. The van der Waals surface area contributed by atoms with E-state index in [1.807, 2.05) is 50.2 Å². The number of ketones is 1. The van der Waals surface area contributed by atoms with Crippen LogP contribution in [-0.4, -0.2) is 57.5 Å². The lowest BCUT2D eigenvalue weighted by atomic mass is 10.0. The Morgan fingerprint density at radius 2 is 1.73 bits per heavy atom. The molecular weight excluding hydrogens is 572 g/mol. The van der Waals surface area contributed by atoms with Gasteiger partial charge in [-0.15, -0.1) is 0 Å². The number of para-hydroxylation sites is 1. The third-order valence-corrected chi connectivity index (χ3v) is 11.5. The van der Waals surface area contributed by atoms with Crippen molar-refractivity contribution in [3.63, 3.8) is 0 Å². The standard InChI is InChI=1S/C29H37ClN2O6S2/c1-20-17-22(18-21(2)28(20)30)38-15-8-12-25-24-11-6-7-13-26(24)32-29(25)27(33)19-39(34,35)16-14-31-40(36,37)23-9-4-3-5-10-23/h6-7,11,13,17-18,23,31-32H,3-5,8-10,12,14-16,19H2,1-2H3. The summed E-state index contributed by atoms with van der Waals surface area (Å²) in [4.78, 5) is 16.3. The lowest BCUT2D eigenvalue weighted by molar-refractivity contribution is 0.101. The number of hydrogen-bond acceptors (Lipinski definition) is 6. The topological polar surface area (TPSA) is 122 Å². The molecule has 0 aliphatic heterocycles. The first-order valence-electron chi connectivity index (χ1n) is 13.7. The van der Waals surface area contributed by atoms with Crippen LogP contribution in [0, 0.1) is 13.8 Å². The molecule has 3 aromatic rings. The van der Waals surface area contributed by atoms with Crippen LogP contribution in [0.25, 0.3) is 10.9 Å². The maximum atomic E-state index is 13.2. The van der Waals surface area contributed by atoms with E-state index in [1.54, 1.807) is 0 Å². The zero-order valence-corrected chi connectivity index (χ0v) is 25.4. The van der Waals surface area contributed by atoms with Crippen molar-refractivity contribution >= 4 is 48.1 Å². The minimum absolute atomic E-state index is 0.241. The quantitative estimate of drug-likeness (QED) is 0.201. The van der Waals surface area contributed by atoms with Crippen molar-refractivity contribution in [3.05, 3.63) is 63.8 Å². The van der Waals surface area contributed by atoms with E-state index < -0.39 is 42.4 Å². The van der Waals surface area contributed by atoms with E-state index >= 15 is 0 Å². The zero-order chi connectivity index (χ0) is 28.9. The van der Waals surface area contributed by atoms with Crippen LogP contribution in [-0.2, 0) is 26.3 Å². The highest BCUT2D eigenvalue weighted by Crippen LogP contribution is 2.28. The molecule has 40 heavy (non-hydrogen) atoms. The Hall–Kier alpha value is -2.40. The third-order valence-electron chi connectivity index (χ3n) is 7.40. The van der Waals surface area contributed by atoms with Crippen molar-refractivity contribution in [1.29, 1.82) is 0 Å². The molecule has 2 N–H and O–H groups in total. The Kier molecular flexibility index (Phi) is 9.98. The van der Waals surface area contributed by atoms with Crippen LogP contribution in [0.4, 0.5) is 0 Å². The molecule has 1 fully saturated rings. The number of benzene rings is 2. The van der Waals surface area contributed by atoms with Gasteiger partial charge < -0.3 is 9.72 Å². The molecule has 2 aromatic carbocycles. The summed E-state index contributed by atoms with van der Waals surface area (Å²) in [6.07, 6.45) is 5.04. The molecule has 0 atom stereocenters. The lowest BCUT2D eigenvalue weighted by Gasteiger charge is -2.21. The van der Waals surface area contributed by atoms with Gasteiger partial charge in [0.05, 0.1) is 23.3 Å². The van der Waals surface area contributed by atoms with Crippen LogP contribution in [0.3, 0.4) is 0 Å². The molecule has 1 heterocycles. The van der Waals surface area contributed by atoms with Crippen molar-refractivity contribution in [2.75, 3.05) is 24.7 Å². The largest absolute Gasteiger partial charge is 0.494 e. The van der Waals surface area contributed by atoms with Crippen LogP contribution in [0.5, 0.6) is 5.75 Å². The van der Waals surface area contributed by atoms with E-state index in [0.29, 0.717) is 37.3 Å². The first-order valence-corrected chi connectivity index (χ1v) is 17.4. The van der Waals surface area contributed by atoms with Crippen LogP contribution >= 0.6 is 11.6 Å². The summed E-state index contributed by atoms with van der Waals surface area (Å²) in [5.41, 5.74) is 3.64. The van der Waals surface area contributed by atoms with Gasteiger partial charge in [0.25, 0.3) is 0 Å². The van der Waals surface area contributed by atoms with E-state index in [1.165, 1.54) is 0 Å². The average molecular weight is 609 g/mol. The predicted molar refractivity (Wildman–Crippen MR) is 160 cm³/mol. The minimum Gasteiger partial charge on any atom is -0.494 e. The lowest BCUT2D eigenvalue weighted by Crippen LogP contribution is -2.38. The number of aromatic amines is 1. The summed E-state index contributed by atoms with van der Waals surface area (Å²) in [6.45, 7) is 4.01. The highest BCUT2D eigenvalue weighted by molar-refractivity contribution is 7.92. The number of sulfonamides is 1. The molecular formula is C29H37ClN2O6S2. The highest BCUT2D eigenvalue weighted by atomic mass is 35.5. The van der Waals surface area contributed by atoms with Crippen LogP contribution < -0.4 is 9.46 Å². The molecule has 1 saturated carbocycles. The Bertz CT molecular complexity index is 1550. The first-order chi connectivity index (χ1) is 19.0. The normalized spacial score (nSPS) is 15.0. The number of nitrogens with one attached hydrogen (secondary N) is 2. The number of halogens is 1. The number of aromatic nitrogens is 1. The first kappa shape index (κ1) is 30.6. The SMILES string of the molecule is Cc1cc(OCCCc2c(C(=O)CS(=O)(=O)CCNS(=O)(=O)C3CCCCC3)[nH]c3ccccc23)cc(C)c1Cl. The number of fused-ring (bicyclic) bond motifs is 1. The van der Waals surface area contributed by atoms with Crippen LogP contribution in [0.2, 0.25) is 5.02 Å². The number of carbonyl (C=O) groups excluding carboxylic acids is 1. The summed E-state index contributed by atoms with van der Waals surface area (Å²) in [7, 11) is -7.42. The maximum Gasteiger partial charge on any atom is 0.214 e. The van der Waals surface area contributed by atoms with Gasteiger partial charge in [0.1, 0.15) is 11.5 Å². The Morgan fingerprint density at radius 1 is 1.05 bits per heavy atom. The molecule has 0 bridgehead atoms. The summed E-state index contributed by atoms with van der Waals surface area (Å²) < 4.78 is 59.0. The molecule has 0 unspecified atom stereocenters. The fourth-order valence-electron chi connectivity index (χ4n) is 5.30. The van der Waals surface area contributed by atoms with Crippen molar-refractivity contribution in [2.24, 2.45) is 0 Å². The summed E-state index contributed by atoms with van der Waals surface area (Å²) in [5, 5.41) is 1.10. The van der Waals surface area contributed by atoms with Gasteiger partial charge in [-0.1, -0.05) is 49.1 Å². The Balaban J connectivity index is 1.38. The molecule has 8 nitrogen and oxygen atoms in total. The minimum atomic E-state index is -3.84. The van der Waals surface area contributed by atoms with E-state index in [0.717, 1.165) is 52.6 Å². The van der Waals surface area contributed by atoms with Gasteiger partial charge in [0, 0.05) is 22.5 Å². The van der Waals surface area contributed by atoms with Crippen LogP contribution in [0.15, 0.2) is 36.4 Å². The number of rotatable bonds is 13. The second kappa shape index (κ2) is 13.1. The van der Waals surface area contributed by atoms with Gasteiger partial charge in [-0.3, -0.25) is 4.79 Å². The summed E-state index contributed by atoms with van der Waals surface area (Å²) in [5.74, 6) is -0.947. The fourth-order valence-corrected chi connectivity index (χ4v) is 8.22. The van der Waals surface area contributed by atoms with Gasteiger partial charge in [0.2, 0.25) is 10.0 Å². The van der Waals surface area contributed by atoms with Crippen molar-refractivity contribution in [3.8, 4) is 5.75 Å². The highest BCUT2D eigenvalue weighted by Gasteiger charge is 2.28. The molecule has 11 heteroatoms. The number of Topliss-reactive ketones (excluding diaryl/α,β-unsaturated/α-hetero) is 1. The van der Waals surface area contributed by atoms with Crippen LogP contribution in [0.1, 0.15) is 65.7 Å². The average Bonchev–Trinajstić information content (AvgIpc) is 3.28. The predicted octanol–water partition coefficient (Wildman–Crippen LogP) is 5.30. The fraction of sp³-hybridized carbons (Fsp3) is 0.483. The second-order valence-electron chi connectivity index (χ2n) is 10.6. The number of aryl methyl sites for hydroxylation is 3. The molecule has 0 amide bonds. The number of carbonyl (C=O) groups is 1. The Labute approximate surface area is 241 Å². The van der Waals surface area contributed by atoms with Gasteiger partial charge >= 0.3 is 0 Å². The van der Waals surface area contributed by atoms with E-state index in [4.69, 9.17) is 16.3 Å². The summed E-state index contributed by atoms with van der Waals surface area (Å²) in [6, 6.07) is 11.2. The van der Waals surface area contributed by atoms with Crippen molar-refractivity contribution < 1.29 is 26.4 Å². The van der Waals surface area contributed by atoms with E-state index in [9.17, 15) is 21.6 Å². The van der Waals surface area contributed by atoms with Gasteiger partial charge in [-0.2, -0.15) is 0 Å². The number of hydrogen-bond donors (Lipinski definition) is 2. The van der Waals surface area contributed by atoms with E-state index in [2.05, 4.69) is 9.71 Å². The van der Waals surface area contributed by atoms with Gasteiger partial charge in [0.15, 0.2) is 15.6 Å². The molecule has 4 rings (SSSR count). The smallest absolute Gasteiger partial charge is 0.214 e. The molecule has 0 radical (unpaired) electrons. The molecule has 0 saturated heterocycles. The van der Waals surface area contributed by atoms with E-state index in [-0.39, 0.29) is 12.2 Å². The molecule has 1 aliphatic rings. The molecule has 1 aliphatic carbocycles. The number of sulfone groups is 1. The molecule has 218 valence electrons. The number of H-pyrrole nitrogens is 1. The maximum absolute atomic E-state index is 13.2. The van der Waals surface area contributed by atoms with Crippen molar-refractivity contribution in [1.82, 2.24) is 9.71 Å². The third kappa shape index (κ3) is 7.66. The molecule has 0 spiro atoms. The Morgan fingerprint density at radius 3 is 2.42 bits per heavy atom. The monoisotopic (exact) mass is 608 g/mol. The molecule has 1 aromatic heterocycles. The van der Waals surface area contributed by atoms with Crippen molar-refractivity contribution in [2.45, 2.75) is 64.0 Å². The second-order valence-corrected chi connectivity index (χ2v) is 15.2. The van der Waals surface area contributed by atoms with Gasteiger partial charge in [-0.25, -0.2) is 21.6 Å². The summed E-state index contributed by atoms with van der Waals surface area (Å²) >= 11 is 6.24. The van der Waals surface area contributed by atoms with Gasteiger partial charge in [-0.05, 0) is 74.4 Å². The zero-order valence-electron chi connectivity index (χ0n) is 23.0.